The Bertz CT molecular complexity index is 1260. The van der Waals surface area contributed by atoms with Crippen LogP contribution in [0.3, 0.4) is 0 Å². The summed E-state index contributed by atoms with van der Waals surface area (Å²) in [7, 11) is 1.64. The minimum atomic E-state index is 0.0849. The molecule has 192 valence electrons. The van der Waals surface area contributed by atoms with E-state index in [1.165, 1.54) is 16.8 Å². The SMILES string of the molecule is CCOC1=CN2NC3NNCC3=C2C(c2ccc(N3C[C@@H]4C(NCc5ccc(OC)nc5)[C@@H]4C3)nc2)=C1. The average Bonchev–Trinajstić information content (AvgIpc) is 3.31. The van der Waals surface area contributed by atoms with Crippen LogP contribution in [0.5, 0.6) is 5.88 Å². The minimum absolute atomic E-state index is 0.0849. The Morgan fingerprint density at radius 1 is 1.11 bits per heavy atom. The lowest BCUT2D eigenvalue weighted by molar-refractivity contribution is 0.223. The lowest BCUT2D eigenvalue weighted by Gasteiger charge is -2.27. The largest absolute Gasteiger partial charge is 0.492 e. The summed E-state index contributed by atoms with van der Waals surface area (Å²) in [6.45, 7) is 6.35. The molecule has 0 bridgehead atoms. The van der Waals surface area contributed by atoms with Gasteiger partial charge in [-0.05, 0) is 42.5 Å². The molecule has 5 aliphatic rings. The molecule has 1 saturated carbocycles. The second-order valence-corrected chi connectivity index (χ2v) is 10.1. The molecule has 1 aliphatic carbocycles. The molecule has 2 saturated heterocycles. The molecule has 3 fully saturated rings. The van der Waals surface area contributed by atoms with E-state index >= 15 is 0 Å². The summed E-state index contributed by atoms with van der Waals surface area (Å²) in [6, 6.07) is 8.91. The molecule has 0 spiro atoms. The predicted molar refractivity (Wildman–Crippen MR) is 139 cm³/mol. The predicted octanol–water partition coefficient (Wildman–Crippen LogP) is 1.49. The fraction of sp³-hybridized carbons (Fsp3) is 0.407. The van der Waals surface area contributed by atoms with Crippen molar-refractivity contribution in [1.82, 2.24) is 36.6 Å². The van der Waals surface area contributed by atoms with Gasteiger partial charge >= 0.3 is 0 Å². The van der Waals surface area contributed by atoms with Crippen LogP contribution in [0.1, 0.15) is 18.1 Å². The van der Waals surface area contributed by atoms with Gasteiger partial charge in [0.05, 0.1) is 25.6 Å². The van der Waals surface area contributed by atoms with E-state index in [4.69, 9.17) is 14.5 Å². The van der Waals surface area contributed by atoms with Crippen LogP contribution in [-0.4, -0.2) is 60.5 Å². The summed E-state index contributed by atoms with van der Waals surface area (Å²) in [4.78, 5) is 11.6. The van der Waals surface area contributed by atoms with Crippen molar-refractivity contribution in [1.29, 1.82) is 0 Å². The normalized spacial score (nSPS) is 27.5. The van der Waals surface area contributed by atoms with Gasteiger partial charge in [0.25, 0.3) is 0 Å². The highest BCUT2D eigenvalue weighted by Crippen LogP contribution is 2.47. The topological polar surface area (TPSA) is 98.8 Å². The standard InChI is InChI=1S/C27H32N8O2/c1-3-37-18-8-19(26-20-12-31-32-27(20)33-35(26)13-18)17-5-6-23(28-11-17)34-14-21-22(15-34)25(21)30-10-16-4-7-24(36-2)29-9-16/h4-9,11,13,21-22,25,27,30-33H,3,10,12,14-15H2,1-2H3/t21-,22+,25?,27?. The van der Waals surface area contributed by atoms with Gasteiger partial charge in [0.1, 0.15) is 17.7 Å². The lowest BCUT2D eigenvalue weighted by Crippen LogP contribution is -2.44. The zero-order valence-corrected chi connectivity index (χ0v) is 21.1. The van der Waals surface area contributed by atoms with Crippen LogP contribution in [0.15, 0.2) is 66.0 Å². The number of hydrogen-bond donors (Lipinski definition) is 4. The third kappa shape index (κ3) is 4.06. The summed E-state index contributed by atoms with van der Waals surface area (Å²) in [5.74, 6) is 3.90. The van der Waals surface area contributed by atoms with Crippen molar-refractivity contribution >= 4 is 11.4 Å². The van der Waals surface area contributed by atoms with Gasteiger partial charge in [0.2, 0.25) is 5.88 Å². The van der Waals surface area contributed by atoms with E-state index in [-0.39, 0.29) is 6.17 Å². The minimum Gasteiger partial charge on any atom is -0.492 e. The number of piperidine rings is 1. The number of ether oxygens (including phenoxy) is 2. The Balaban J connectivity index is 1.01. The fourth-order valence-corrected chi connectivity index (χ4v) is 5.99. The van der Waals surface area contributed by atoms with Gasteiger partial charge in [-0.25, -0.2) is 20.8 Å². The highest BCUT2D eigenvalue weighted by molar-refractivity contribution is 5.83. The molecule has 37 heavy (non-hydrogen) atoms. The molecule has 10 nitrogen and oxygen atoms in total. The lowest BCUT2D eigenvalue weighted by atomic mass is 9.98. The molecule has 4 atom stereocenters. The molecule has 0 aromatic carbocycles. The summed E-state index contributed by atoms with van der Waals surface area (Å²) < 4.78 is 11.0. The Kier molecular flexibility index (Phi) is 5.62. The third-order valence-corrected chi connectivity index (χ3v) is 7.92. The van der Waals surface area contributed by atoms with Crippen molar-refractivity contribution in [2.75, 3.05) is 38.3 Å². The van der Waals surface area contributed by atoms with Crippen molar-refractivity contribution in [2.24, 2.45) is 11.8 Å². The summed E-state index contributed by atoms with van der Waals surface area (Å²) >= 11 is 0. The molecule has 2 unspecified atom stereocenters. The van der Waals surface area contributed by atoms with Crippen molar-refractivity contribution < 1.29 is 9.47 Å². The molecule has 4 N–H and O–H groups in total. The Hall–Kier alpha value is -3.44. The Morgan fingerprint density at radius 2 is 2.00 bits per heavy atom. The number of fused-ring (bicyclic) bond motifs is 3. The van der Waals surface area contributed by atoms with Crippen molar-refractivity contribution in [3.8, 4) is 5.88 Å². The highest BCUT2D eigenvalue weighted by Gasteiger charge is 2.55. The van der Waals surface area contributed by atoms with Crippen molar-refractivity contribution in [3.63, 3.8) is 0 Å². The first-order valence-electron chi connectivity index (χ1n) is 13.0. The van der Waals surface area contributed by atoms with Crippen LogP contribution in [0, 0.1) is 11.8 Å². The van der Waals surface area contributed by atoms with Crippen LogP contribution in [-0.2, 0) is 11.3 Å². The number of hydrazine groups is 2. The summed E-state index contributed by atoms with van der Waals surface area (Å²) in [5, 5.41) is 5.79. The zero-order valence-electron chi connectivity index (χ0n) is 21.1. The molecule has 0 amide bonds. The molecule has 7 rings (SSSR count). The monoisotopic (exact) mass is 500 g/mol. The highest BCUT2D eigenvalue weighted by atomic mass is 16.5. The maximum atomic E-state index is 5.86. The van der Waals surface area contributed by atoms with Gasteiger partial charge in [0.15, 0.2) is 0 Å². The number of nitrogens with one attached hydrogen (secondary N) is 4. The number of methoxy groups -OCH3 is 1. The van der Waals surface area contributed by atoms with Gasteiger partial charge in [-0.15, -0.1) is 0 Å². The summed E-state index contributed by atoms with van der Waals surface area (Å²) in [5.41, 5.74) is 15.9. The van der Waals surface area contributed by atoms with Crippen LogP contribution < -0.4 is 31.2 Å². The van der Waals surface area contributed by atoms with E-state index in [0.717, 1.165) is 48.9 Å². The second kappa shape index (κ2) is 9.14. The first-order chi connectivity index (χ1) is 18.2. The van der Waals surface area contributed by atoms with Gasteiger partial charge < -0.3 is 19.7 Å². The van der Waals surface area contributed by atoms with Crippen LogP contribution >= 0.6 is 0 Å². The number of nitrogens with zero attached hydrogens (tertiary/aromatic N) is 4. The van der Waals surface area contributed by atoms with Crippen LogP contribution in [0.2, 0.25) is 0 Å². The number of allylic oxidation sites excluding steroid dienone is 2. The van der Waals surface area contributed by atoms with E-state index in [0.29, 0.717) is 30.4 Å². The van der Waals surface area contributed by atoms with Gasteiger partial charge in [-0.1, -0.05) is 6.07 Å². The maximum absolute atomic E-state index is 5.86. The molecule has 2 aromatic rings. The Morgan fingerprint density at radius 3 is 2.73 bits per heavy atom. The first kappa shape index (κ1) is 22.7. The van der Waals surface area contributed by atoms with E-state index < -0.39 is 0 Å². The molecular weight excluding hydrogens is 468 g/mol. The molecule has 4 aliphatic heterocycles. The molecular formula is C27H32N8O2. The number of anilines is 1. The van der Waals surface area contributed by atoms with Crippen molar-refractivity contribution in [2.45, 2.75) is 25.7 Å². The second-order valence-electron chi connectivity index (χ2n) is 10.1. The third-order valence-electron chi connectivity index (χ3n) is 7.92. The molecule has 6 heterocycles. The van der Waals surface area contributed by atoms with Crippen LogP contribution in [0.4, 0.5) is 5.82 Å². The Labute approximate surface area is 216 Å². The first-order valence-corrected chi connectivity index (χ1v) is 13.0. The van der Waals surface area contributed by atoms with Gasteiger partial charge in [-0.2, -0.15) is 0 Å². The zero-order chi connectivity index (χ0) is 24.9. The van der Waals surface area contributed by atoms with E-state index in [1.807, 2.05) is 31.6 Å². The molecule has 10 heteroatoms. The summed E-state index contributed by atoms with van der Waals surface area (Å²) in [6.07, 6.45) is 8.11. The quantitative estimate of drug-likeness (QED) is 0.427. The molecule has 2 aromatic heterocycles. The molecule has 0 radical (unpaired) electrons. The smallest absolute Gasteiger partial charge is 0.212 e. The average molecular weight is 501 g/mol. The number of aromatic nitrogens is 2. The number of pyridine rings is 2. The fourth-order valence-electron chi connectivity index (χ4n) is 5.99. The number of rotatable bonds is 8. The van der Waals surface area contributed by atoms with Gasteiger partial charge in [0, 0.05) is 67.4 Å². The van der Waals surface area contributed by atoms with Gasteiger partial charge in [-0.3, -0.25) is 10.4 Å². The maximum Gasteiger partial charge on any atom is 0.212 e. The van der Waals surface area contributed by atoms with E-state index in [9.17, 15) is 0 Å². The van der Waals surface area contributed by atoms with Crippen LogP contribution in [0.25, 0.3) is 5.57 Å². The van der Waals surface area contributed by atoms with Crippen molar-refractivity contribution in [3.05, 3.63) is 77.1 Å². The number of hydrogen-bond acceptors (Lipinski definition) is 10. The van der Waals surface area contributed by atoms with E-state index in [1.54, 1.807) is 7.11 Å². The van der Waals surface area contributed by atoms with E-state index in [2.05, 4.69) is 60.8 Å².